The summed E-state index contributed by atoms with van der Waals surface area (Å²) in [5.41, 5.74) is 3.62. The molecule has 0 unspecified atom stereocenters. The maximum atomic E-state index is 13.3. The number of anilines is 1. The van der Waals surface area contributed by atoms with Crippen molar-refractivity contribution in [2.24, 2.45) is 0 Å². The Kier molecular flexibility index (Phi) is 6.73. The Morgan fingerprint density at radius 3 is 2.41 bits per heavy atom. The Labute approximate surface area is 210 Å². The zero-order valence-electron chi connectivity index (χ0n) is 19.2. The Hall–Kier alpha value is -2.67. The van der Waals surface area contributed by atoms with Crippen molar-refractivity contribution in [2.45, 2.75) is 19.9 Å². The van der Waals surface area contributed by atoms with Gasteiger partial charge in [-0.2, -0.15) is 0 Å². The van der Waals surface area contributed by atoms with Crippen molar-refractivity contribution >= 4 is 34.9 Å². The number of rotatable bonds is 4. The van der Waals surface area contributed by atoms with Crippen LogP contribution in [0, 0.1) is 0 Å². The standard InChI is InChI=1S/C26H27Cl2N5O/c1-2-31-12-14-32(15-13-31)25-20-17-33(26(34)19-8-9-21(27)22(28)16-19)11-10-23(20)29-24(30-25)18-6-4-3-5-7-18/h3-9,16H,2,10-15,17H2,1H3. The van der Waals surface area contributed by atoms with Gasteiger partial charge < -0.3 is 14.7 Å². The predicted octanol–water partition coefficient (Wildman–Crippen LogP) is 4.79. The van der Waals surface area contributed by atoms with E-state index in [0.717, 1.165) is 61.2 Å². The highest BCUT2D eigenvalue weighted by molar-refractivity contribution is 6.42. The quantitative estimate of drug-likeness (QED) is 0.520. The first kappa shape index (κ1) is 23.1. The van der Waals surface area contributed by atoms with Gasteiger partial charge in [-0.15, -0.1) is 0 Å². The van der Waals surface area contributed by atoms with Crippen molar-refractivity contribution in [3.05, 3.63) is 75.4 Å². The van der Waals surface area contributed by atoms with Crippen molar-refractivity contribution < 1.29 is 4.79 Å². The van der Waals surface area contributed by atoms with Crippen molar-refractivity contribution in [3.63, 3.8) is 0 Å². The van der Waals surface area contributed by atoms with Crippen molar-refractivity contribution in [2.75, 3.05) is 44.2 Å². The van der Waals surface area contributed by atoms with E-state index in [2.05, 4.69) is 16.7 Å². The van der Waals surface area contributed by atoms with Gasteiger partial charge in [0.05, 0.1) is 22.3 Å². The summed E-state index contributed by atoms with van der Waals surface area (Å²) in [6, 6.07) is 15.1. The van der Waals surface area contributed by atoms with Gasteiger partial charge in [-0.05, 0) is 24.7 Å². The van der Waals surface area contributed by atoms with Crippen LogP contribution in [-0.2, 0) is 13.0 Å². The fraction of sp³-hybridized carbons (Fsp3) is 0.346. The molecule has 0 N–H and O–H groups in total. The second-order valence-corrected chi connectivity index (χ2v) is 9.50. The third-order valence-corrected chi connectivity index (χ3v) is 7.38. The van der Waals surface area contributed by atoms with Gasteiger partial charge in [-0.3, -0.25) is 4.79 Å². The normalized spacial score (nSPS) is 16.4. The molecule has 0 atom stereocenters. The summed E-state index contributed by atoms with van der Waals surface area (Å²) in [5.74, 6) is 1.64. The van der Waals surface area contributed by atoms with E-state index in [4.69, 9.17) is 33.2 Å². The number of carbonyl (C=O) groups excluding carboxylic acids is 1. The highest BCUT2D eigenvalue weighted by atomic mass is 35.5. The van der Waals surface area contributed by atoms with Crippen LogP contribution in [-0.4, -0.2) is 64.9 Å². The highest BCUT2D eigenvalue weighted by Gasteiger charge is 2.29. The van der Waals surface area contributed by atoms with Crippen LogP contribution in [0.1, 0.15) is 28.5 Å². The summed E-state index contributed by atoms with van der Waals surface area (Å²) in [5, 5.41) is 0.827. The van der Waals surface area contributed by atoms with E-state index in [0.29, 0.717) is 35.1 Å². The lowest BCUT2D eigenvalue weighted by Gasteiger charge is -2.38. The minimum atomic E-state index is -0.0573. The monoisotopic (exact) mass is 495 g/mol. The number of hydrogen-bond acceptors (Lipinski definition) is 5. The molecule has 8 heteroatoms. The molecule has 0 saturated carbocycles. The van der Waals surface area contributed by atoms with Crippen LogP contribution in [0.25, 0.3) is 11.4 Å². The molecule has 3 aromatic rings. The third-order valence-electron chi connectivity index (χ3n) is 6.64. The SMILES string of the molecule is CCN1CCN(c2nc(-c3ccccc3)nc3c2CN(C(=O)c2ccc(Cl)c(Cl)c2)CC3)CC1. The van der Waals surface area contributed by atoms with Crippen LogP contribution in [0.2, 0.25) is 10.0 Å². The Morgan fingerprint density at radius 1 is 0.941 bits per heavy atom. The van der Waals surface area contributed by atoms with E-state index in [1.165, 1.54) is 0 Å². The van der Waals surface area contributed by atoms with E-state index in [1.807, 2.05) is 35.2 Å². The van der Waals surface area contributed by atoms with Gasteiger partial charge in [0.25, 0.3) is 5.91 Å². The molecule has 0 bridgehead atoms. The molecule has 34 heavy (non-hydrogen) atoms. The molecule has 0 radical (unpaired) electrons. The molecule has 2 aliphatic heterocycles. The molecule has 0 spiro atoms. The number of fused-ring (bicyclic) bond motifs is 1. The number of benzene rings is 2. The molecule has 1 fully saturated rings. The zero-order valence-corrected chi connectivity index (χ0v) is 20.7. The molecular weight excluding hydrogens is 469 g/mol. The number of hydrogen-bond donors (Lipinski definition) is 0. The lowest BCUT2D eigenvalue weighted by Crippen LogP contribution is -2.47. The summed E-state index contributed by atoms with van der Waals surface area (Å²) in [4.78, 5) is 29.9. The summed E-state index contributed by atoms with van der Waals surface area (Å²) >= 11 is 12.2. The highest BCUT2D eigenvalue weighted by Crippen LogP contribution is 2.31. The largest absolute Gasteiger partial charge is 0.354 e. The van der Waals surface area contributed by atoms with Crippen molar-refractivity contribution in [1.82, 2.24) is 19.8 Å². The molecule has 1 amide bonds. The molecule has 2 aromatic carbocycles. The van der Waals surface area contributed by atoms with Crippen LogP contribution >= 0.6 is 23.2 Å². The molecular formula is C26H27Cl2N5O. The maximum Gasteiger partial charge on any atom is 0.254 e. The summed E-state index contributed by atoms with van der Waals surface area (Å²) < 4.78 is 0. The van der Waals surface area contributed by atoms with Crippen LogP contribution in [0.5, 0.6) is 0 Å². The van der Waals surface area contributed by atoms with Gasteiger partial charge in [0.1, 0.15) is 5.82 Å². The lowest BCUT2D eigenvalue weighted by molar-refractivity contribution is 0.0733. The number of amides is 1. The van der Waals surface area contributed by atoms with Crippen molar-refractivity contribution in [3.8, 4) is 11.4 Å². The fourth-order valence-corrected chi connectivity index (χ4v) is 4.93. The Morgan fingerprint density at radius 2 is 1.71 bits per heavy atom. The molecule has 1 saturated heterocycles. The van der Waals surface area contributed by atoms with Crippen LogP contribution in [0.3, 0.4) is 0 Å². The second kappa shape index (κ2) is 9.90. The first-order valence-electron chi connectivity index (χ1n) is 11.7. The molecule has 2 aliphatic rings. The molecule has 5 rings (SSSR count). The Balaban J connectivity index is 1.49. The fourth-order valence-electron chi connectivity index (χ4n) is 4.64. The zero-order chi connectivity index (χ0) is 23.7. The van der Waals surface area contributed by atoms with Gasteiger partial charge in [0.15, 0.2) is 5.82 Å². The van der Waals surface area contributed by atoms with Gasteiger partial charge >= 0.3 is 0 Å². The number of piperazine rings is 1. The van der Waals surface area contributed by atoms with Gasteiger partial charge in [-0.1, -0.05) is 60.5 Å². The lowest BCUT2D eigenvalue weighted by atomic mass is 10.0. The number of nitrogens with zero attached hydrogens (tertiary/aromatic N) is 5. The van der Waals surface area contributed by atoms with Gasteiger partial charge in [0.2, 0.25) is 0 Å². The van der Waals surface area contributed by atoms with Gasteiger partial charge in [0, 0.05) is 55.8 Å². The second-order valence-electron chi connectivity index (χ2n) is 8.69. The molecule has 0 aliphatic carbocycles. The van der Waals surface area contributed by atoms with Crippen LogP contribution in [0.15, 0.2) is 48.5 Å². The smallest absolute Gasteiger partial charge is 0.254 e. The molecule has 176 valence electrons. The average molecular weight is 496 g/mol. The summed E-state index contributed by atoms with van der Waals surface area (Å²) in [7, 11) is 0. The van der Waals surface area contributed by atoms with E-state index >= 15 is 0 Å². The third kappa shape index (κ3) is 4.63. The molecule has 1 aromatic heterocycles. The number of likely N-dealkylation sites (N-methyl/N-ethyl adjacent to an activating group) is 1. The van der Waals surface area contributed by atoms with E-state index in [-0.39, 0.29) is 5.91 Å². The predicted molar refractivity (Wildman–Crippen MR) is 137 cm³/mol. The van der Waals surface area contributed by atoms with Crippen LogP contribution < -0.4 is 4.90 Å². The summed E-state index contributed by atoms with van der Waals surface area (Å²) in [6.07, 6.45) is 0.687. The van der Waals surface area contributed by atoms with Crippen LogP contribution in [0.4, 0.5) is 5.82 Å². The molecule has 6 nitrogen and oxygen atoms in total. The first-order chi connectivity index (χ1) is 16.5. The van der Waals surface area contributed by atoms with E-state index in [9.17, 15) is 4.79 Å². The first-order valence-corrected chi connectivity index (χ1v) is 12.5. The van der Waals surface area contributed by atoms with Crippen molar-refractivity contribution in [1.29, 1.82) is 0 Å². The minimum Gasteiger partial charge on any atom is -0.354 e. The number of halogens is 2. The Bertz CT molecular complexity index is 1200. The minimum absolute atomic E-state index is 0.0573. The van der Waals surface area contributed by atoms with E-state index < -0.39 is 0 Å². The molecule has 3 heterocycles. The van der Waals surface area contributed by atoms with Gasteiger partial charge in [-0.25, -0.2) is 9.97 Å². The number of aromatic nitrogens is 2. The average Bonchev–Trinajstić information content (AvgIpc) is 2.89. The summed E-state index contributed by atoms with van der Waals surface area (Å²) in [6.45, 7) is 8.15. The maximum absolute atomic E-state index is 13.3. The van der Waals surface area contributed by atoms with E-state index in [1.54, 1.807) is 18.2 Å². The topological polar surface area (TPSA) is 52.6 Å². The number of carbonyl (C=O) groups is 1.